The number of methoxy groups -OCH3 is 1. The fourth-order valence-electron chi connectivity index (χ4n) is 2.81. The molecular formula is C18H14N2O3S. The Labute approximate surface area is 142 Å². The topological polar surface area (TPSA) is 59.5 Å². The molecule has 0 saturated heterocycles. The average molecular weight is 338 g/mol. The van der Waals surface area contributed by atoms with Gasteiger partial charge < -0.3 is 4.74 Å². The van der Waals surface area contributed by atoms with Gasteiger partial charge in [-0.1, -0.05) is 18.2 Å². The van der Waals surface area contributed by atoms with Crippen molar-refractivity contribution in [1.82, 2.24) is 9.88 Å². The summed E-state index contributed by atoms with van der Waals surface area (Å²) in [4.78, 5) is 30.7. The molecule has 2 amide bonds. The molecule has 2 aromatic carbocycles. The van der Waals surface area contributed by atoms with E-state index < -0.39 is 0 Å². The average Bonchev–Trinajstić information content (AvgIpc) is 3.14. The van der Waals surface area contributed by atoms with Crippen LogP contribution in [0, 0.1) is 0 Å². The second kappa shape index (κ2) is 5.81. The highest BCUT2D eigenvalue weighted by molar-refractivity contribution is 7.21. The van der Waals surface area contributed by atoms with Crippen LogP contribution in [0.1, 0.15) is 20.7 Å². The number of carbonyl (C=O) groups excluding carboxylic acids is 2. The van der Waals surface area contributed by atoms with Gasteiger partial charge in [0.15, 0.2) is 0 Å². The van der Waals surface area contributed by atoms with Gasteiger partial charge >= 0.3 is 0 Å². The van der Waals surface area contributed by atoms with Crippen molar-refractivity contribution in [2.24, 2.45) is 0 Å². The Morgan fingerprint density at radius 3 is 2.67 bits per heavy atom. The molecule has 1 aromatic heterocycles. The lowest BCUT2D eigenvalue weighted by atomic mass is 10.1. The molecule has 0 bridgehead atoms. The van der Waals surface area contributed by atoms with E-state index in [2.05, 4.69) is 4.98 Å². The van der Waals surface area contributed by atoms with E-state index in [-0.39, 0.29) is 18.4 Å². The maximum absolute atomic E-state index is 12.5. The lowest BCUT2D eigenvalue weighted by Gasteiger charge is -2.12. The molecule has 1 aliphatic rings. The molecule has 0 aliphatic carbocycles. The van der Waals surface area contributed by atoms with Crippen LogP contribution >= 0.6 is 11.3 Å². The zero-order chi connectivity index (χ0) is 16.7. The highest BCUT2D eigenvalue weighted by Crippen LogP contribution is 2.33. The monoisotopic (exact) mass is 338 g/mol. The third kappa shape index (κ3) is 2.31. The predicted octanol–water partition coefficient (Wildman–Crippen LogP) is 3.21. The summed E-state index contributed by atoms with van der Waals surface area (Å²) >= 11 is 1.57. The zero-order valence-electron chi connectivity index (χ0n) is 13.0. The summed E-state index contributed by atoms with van der Waals surface area (Å²) in [7, 11) is 1.55. The largest absolute Gasteiger partial charge is 0.383 e. The quantitative estimate of drug-likeness (QED) is 0.686. The van der Waals surface area contributed by atoms with E-state index in [4.69, 9.17) is 4.74 Å². The molecule has 0 saturated carbocycles. The SMILES string of the molecule is COCCN1C(=O)c2ccc(-c3nc4ccccc4s3)cc2C1=O. The minimum Gasteiger partial charge on any atom is -0.383 e. The summed E-state index contributed by atoms with van der Waals surface area (Å²) in [6, 6.07) is 13.2. The van der Waals surface area contributed by atoms with Crippen LogP contribution in [-0.2, 0) is 4.74 Å². The summed E-state index contributed by atoms with van der Waals surface area (Å²) in [5, 5.41) is 0.842. The number of hydrogen-bond acceptors (Lipinski definition) is 5. The van der Waals surface area contributed by atoms with Gasteiger partial charge in [-0.05, 0) is 24.3 Å². The highest BCUT2D eigenvalue weighted by atomic mass is 32.1. The molecule has 6 heteroatoms. The van der Waals surface area contributed by atoms with E-state index in [1.165, 1.54) is 4.90 Å². The van der Waals surface area contributed by atoms with Crippen molar-refractivity contribution in [2.75, 3.05) is 20.3 Å². The first-order valence-electron chi connectivity index (χ1n) is 7.54. The number of imide groups is 1. The number of rotatable bonds is 4. The minimum atomic E-state index is -0.269. The molecule has 0 spiro atoms. The lowest BCUT2D eigenvalue weighted by molar-refractivity contribution is 0.0603. The van der Waals surface area contributed by atoms with Gasteiger partial charge in [-0.2, -0.15) is 0 Å². The Kier molecular flexibility index (Phi) is 3.63. The Morgan fingerprint density at radius 1 is 1.08 bits per heavy atom. The van der Waals surface area contributed by atoms with E-state index in [1.807, 2.05) is 30.3 Å². The Hall–Kier alpha value is -2.57. The van der Waals surface area contributed by atoms with Gasteiger partial charge in [0.05, 0.1) is 34.5 Å². The van der Waals surface area contributed by atoms with E-state index in [1.54, 1.807) is 30.6 Å². The number of amides is 2. The third-order valence-corrected chi connectivity index (χ3v) is 5.12. The van der Waals surface area contributed by atoms with Gasteiger partial charge in [-0.3, -0.25) is 14.5 Å². The molecule has 0 N–H and O–H groups in total. The summed E-state index contributed by atoms with van der Waals surface area (Å²) < 4.78 is 6.07. The van der Waals surface area contributed by atoms with Crippen molar-refractivity contribution in [3.8, 4) is 10.6 Å². The standard InChI is InChI=1S/C18H14N2O3S/c1-23-9-8-20-17(21)12-7-6-11(10-13(12)18(20)22)16-19-14-4-2-3-5-15(14)24-16/h2-7,10H,8-9H2,1H3. The van der Waals surface area contributed by atoms with Crippen molar-refractivity contribution in [3.05, 3.63) is 53.6 Å². The second-order valence-electron chi connectivity index (χ2n) is 5.50. The number of para-hydroxylation sites is 1. The maximum atomic E-state index is 12.5. The van der Waals surface area contributed by atoms with E-state index in [9.17, 15) is 9.59 Å². The Morgan fingerprint density at radius 2 is 1.88 bits per heavy atom. The van der Waals surface area contributed by atoms with Crippen molar-refractivity contribution >= 4 is 33.4 Å². The van der Waals surface area contributed by atoms with Crippen molar-refractivity contribution in [1.29, 1.82) is 0 Å². The fourth-order valence-corrected chi connectivity index (χ4v) is 3.77. The fraction of sp³-hybridized carbons (Fsp3) is 0.167. The van der Waals surface area contributed by atoms with Crippen LogP contribution in [-0.4, -0.2) is 42.0 Å². The smallest absolute Gasteiger partial charge is 0.261 e. The number of thiazole rings is 1. The van der Waals surface area contributed by atoms with E-state index in [0.717, 1.165) is 20.8 Å². The normalized spacial score (nSPS) is 13.8. The van der Waals surface area contributed by atoms with Gasteiger partial charge in [-0.25, -0.2) is 4.98 Å². The molecular weight excluding hydrogens is 324 g/mol. The number of hydrogen-bond donors (Lipinski definition) is 0. The molecule has 1 aliphatic heterocycles. The van der Waals surface area contributed by atoms with Crippen molar-refractivity contribution in [2.45, 2.75) is 0 Å². The molecule has 0 radical (unpaired) electrons. The number of benzene rings is 2. The predicted molar refractivity (Wildman–Crippen MR) is 92.3 cm³/mol. The van der Waals surface area contributed by atoms with Crippen LogP contribution in [0.5, 0.6) is 0 Å². The summed E-state index contributed by atoms with van der Waals surface area (Å²) in [6.07, 6.45) is 0. The number of fused-ring (bicyclic) bond motifs is 2. The first-order chi connectivity index (χ1) is 11.7. The molecule has 0 fully saturated rings. The zero-order valence-corrected chi connectivity index (χ0v) is 13.8. The lowest BCUT2D eigenvalue weighted by Crippen LogP contribution is -2.32. The minimum absolute atomic E-state index is 0.261. The van der Waals surface area contributed by atoms with Crippen LogP contribution in [0.15, 0.2) is 42.5 Å². The summed E-state index contributed by atoms with van der Waals surface area (Å²) in [5.41, 5.74) is 2.67. The third-order valence-electron chi connectivity index (χ3n) is 4.03. The van der Waals surface area contributed by atoms with E-state index in [0.29, 0.717) is 17.7 Å². The van der Waals surface area contributed by atoms with Crippen molar-refractivity contribution in [3.63, 3.8) is 0 Å². The van der Waals surface area contributed by atoms with Gasteiger partial charge in [0, 0.05) is 12.7 Å². The van der Waals surface area contributed by atoms with Crippen LogP contribution in [0.4, 0.5) is 0 Å². The van der Waals surface area contributed by atoms with Crippen LogP contribution in [0.25, 0.3) is 20.8 Å². The molecule has 120 valence electrons. The first-order valence-corrected chi connectivity index (χ1v) is 8.36. The number of ether oxygens (including phenoxy) is 1. The summed E-state index contributed by atoms with van der Waals surface area (Å²) in [5.74, 6) is -0.530. The van der Waals surface area contributed by atoms with Gasteiger partial charge in [0.2, 0.25) is 0 Å². The number of nitrogens with zero attached hydrogens (tertiary/aromatic N) is 2. The molecule has 0 atom stereocenters. The molecule has 5 nitrogen and oxygen atoms in total. The Bertz CT molecular complexity index is 931. The van der Waals surface area contributed by atoms with Crippen LogP contribution < -0.4 is 0 Å². The molecule has 24 heavy (non-hydrogen) atoms. The second-order valence-corrected chi connectivity index (χ2v) is 6.53. The van der Waals surface area contributed by atoms with Crippen molar-refractivity contribution < 1.29 is 14.3 Å². The summed E-state index contributed by atoms with van der Waals surface area (Å²) in [6.45, 7) is 0.593. The molecule has 0 unspecified atom stereocenters. The maximum Gasteiger partial charge on any atom is 0.261 e. The van der Waals surface area contributed by atoms with E-state index >= 15 is 0 Å². The van der Waals surface area contributed by atoms with Gasteiger partial charge in [-0.15, -0.1) is 11.3 Å². The van der Waals surface area contributed by atoms with Crippen LogP contribution in [0.3, 0.4) is 0 Å². The highest BCUT2D eigenvalue weighted by Gasteiger charge is 2.35. The number of aromatic nitrogens is 1. The Balaban J connectivity index is 1.73. The molecule has 4 rings (SSSR count). The number of carbonyl (C=O) groups is 2. The molecule has 3 aromatic rings. The first kappa shape index (κ1) is 15.0. The van der Waals surface area contributed by atoms with Crippen LogP contribution in [0.2, 0.25) is 0 Å². The van der Waals surface area contributed by atoms with Gasteiger partial charge in [0.25, 0.3) is 11.8 Å². The van der Waals surface area contributed by atoms with Gasteiger partial charge in [0.1, 0.15) is 5.01 Å². The molecule has 2 heterocycles.